The van der Waals surface area contributed by atoms with E-state index >= 15 is 0 Å². The molecule has 1 aromatic rings. The molecule has 2 nitrogen and oxygen atoms in total. The Bertz CT molecular complexity index is 483. The first-order valence-electron chi connectivity index (χ1n) is 6.45. The van der Waals surface area contributed by atoms with Gasteiger partial charge >= 0.3 is 0 Å². The van der Waals surface area contributed by atoms with Crippen LogP contribution in [0.5, 0.6) is 0 Å². The standard InChI is InChI=1S/C15H20F2O2/c1-14(2)8-10(15(3,4)19-14)13(18)9-5-6-11(16)12(17)7-9/h5-7,10,13,18H,8H2,1-4H3. The van der Waals surface area contributed by atoms with E-state index < -0.39 is 23.3 Å². The van der Waals surface area contributed by atoms with E-state index in [1.54, 1.807) is 0 Å². The molecule has 0 spiro atoms. The molecule has 1 aromatic carbocycles. The highest BCUT2D eigenvalue weighted by atomic mass is 19.2. The minimum absolute atomic E-state index is 0.160. The molecular weight excluding hydrogens is 250 g/mol. The number of aliphatic hydroxyl groups excluding tert-OH is 1. The van der Waals surface area contributed by atoms with E-state index in [0.717, 1.165) is 12.1 Å². The van der Waals surface area contributed by atoms with Gasteiger partial charge in [0.15, 0.2) is 11.6 Å². The third-order valence-electron chi connectivity index (χ3n) is 3.81. The molecule has 106 valence electrons. The first-order chi connectivity index (χ1) is 8.62. The Balaban J connectivity index is 2.28. The molecule has 2 unspecified atom stereocenters. The average molecular weight is 270 g/mol. The average Bonchev–Trinajstić information content (AvgIpc) is 2.49. The molecule has 4 heteroatoms. The van der Waals surface area contributed by atoms with Gasteiger partial charge in [0.05, 0.1) is 17.3 Å². The first-order valence-corrected chi connectivity index (χ1v) is 6.45. The van der Waals surface area contributed by atoms with Gasteiger partial charge in [-0.15, -0.1) is 0 Å². The number of halogens is 2. The number of ether oxygens (including phenoxy) is 1. The highest BCUT2D eigenvalue weighted by Crippen LogP contribution is 2.47. The van der Waals surface area contributed by atoms with Crippen molar-refractivity contribution in [2.45, 2.75) is 51.4 Å². The first kappa shape index (κ1) is 14.4. The molecule has 1 heterocycles. The Labute approximate surface area is 112 Å². The predicted molar refractivity (Wildman–Crippen MR) is 68.7 cm³/mol. The normalized spacial score (nSPS) is 26.4. The van der Waals surface area contributed by atoms with E-state index in [1.807, 2.05) is 27.7 Å². The van der Waals surface area contributed by atoms with Crippen LogP contribution in [0.1, 0.15) is 45.8 Å². The lowest BCUT2D eigenvalue weighted by molar-refractivity contribution is -0.0880. The molecule has 0 aliphatic carbocycles. The summed E-state index contributed by atoms with van der Waals surface area (Å²) in [6, 6.07) is 3.52. The second-order valence-corrected chi connectivity index (χ2v) is 6.39. The Morgan fingerprint density at radius 2 is 1.84 bits per heavy atom. The van der Waals surface area contributed by atoms with Gasteiger partial charge in [-0.3, -0.25) is 0 Å². The van der Waals surface area contributed by atoms with Gasteiger partial charge in [0.25, 0.3) is 0 Å². The number of aliphatic hydroxyl groups is 1. The molecule has 1 saturated heterocycles. The fourth-order valence-electron chi connectivity index (χ4n) is 3.03. The summed E-state index contributed by atoms with van der Waals surface area (Å²) in [4.78, 5) is 0. The lowest BCUT2D eigenvalue weighted by Crippen LogP contribution is -2.32. The summed E-state index contributed by atoms with van der Waals surface area (Å²) >= 11 is 0. The highest BCUT2D eigenvalue weighted by Gasteiger charge is 2.49. The molecule has 2 rings (SSSR count). The summed E-state index contributed by atoms with van der Waals surface area (Å²) < 4.78 is 32.1. The van der Waals surface area contributed by atoms with Crippen molar-refractivity contribution in [2.75, 3.05) is 0 Å². The van der Waals surface area contributed by atoms with E-state index in [-0.39, 0.29) is 11.5 Å². The van der Waals surface area contributed by atoms with E-state index in [4.69, 9.17) is 4.74 Å². The van der Waals surface area contributed by atoms with Crippen molar-refractivity contribution >= 4 is 0 Å². The summed E-state index contributed by atoms with van der Waals surface area (Å²) in [6.07, 6.45) is -0.202. The number of hydrogen-bond donors (Lipinski definition) is 1. The molecule has 2 atom stereocenters. The van der Waals surface area contributed by atoms with E-state index in [2.05, 4.69) is 0 Å². The van der Waals surface area contributed by atoms with Crippen molar-refractivity contribution < 1.29 is 18.6 Å². The summed E-state index contributed by atoms with van der Waals surface area (Å²) in [6.45, 7) is 7.75. The molecular formula is C15H20F2O2. The zero-order valence-electron chi connectivity index (χ0n) is 11.7. The van der Waals surface area contributed by atoms with Crippen molar-refractivity contribution in [3.05, 3.63) is 35.4 Å². The highest BCUT2D eigenvalue weighted by molar-refractivity contribution is 5.22. The summed E-state index contributed by atoms with van der Waals surface area (Å²) in [5.74, 6) is -2.00. The predicted octanol–water partition coefficient (Wildman–Crippen LogP) is 3.59. The van der Waals surface area contributed by atoms with Crippen LogP contribution in [0.2, 0.25) is 0 Å². The van der Waals surface area contributed by atoms with Crippen LogP contribution in [-0.4, -0.2) is 16.3 Å². The Morgan fingerprint density at radius 3 is 2.32 bits per heavy atom. The molecule has 1 fully saturated rings. The summed E-state index contributed by atoms with van der Waals surface area (Å²) in [7, 11) is 0. The van der Waals surface area contributed by atoms with Crippen LogP contribution in [0.3, 0.4) is 0 Å². The zero-order chi connectivity index (χ0) is 14.4. The Hall–Kier alpha value is -1.00. The molecule has 19 heavy (non-hydrogen) atoms. The van der Waals surface area contributed by atoms with Crippen molar-refractivity contribution in [3.8, 4) is 0 Å². The second-order valence-electron chi connectivity index (χ2n) is 6.39. The van der Waals surface area contributed by atoms with Crippen molar-refractivity contribution in [3.63, 3.8) is 0 Å². The molecule has 0 amide bonds. The van der Waals surface area contributed by atoms with Crippen LogP contribution < -0.4 is 0 Å². The molecule has 0 aromatic heterocycles. The summed E-state index contributed by atoms with van der Waals surface area (Å²) in [5, 5.41) is 10.4. The van der Waals surface area contributed by atoms with E-state index in [0.29, 0.717) is 12.0 Å². The third kappa shape index (κ3) is 2.79. The SMILES string of the molecule is CC1(C)CC(C(O)c2ccc(F)c(F)c2)C(C)(C)O1. The Kier molecular flexibility index (Phi) is 3.43. The number of benzene rings is 1. The maximum atomic E-state index is 13.3. The van der Waals surface area contributed by atoms with Crippen LogP contribution >= 0.6 is 0 Å². The van der Waals surface area contributed by atoms with Crippen LogP contribution in [0.4, 0.5) is 8.78 Å². The van der Waals surface area contributed by atoms with E-state index in [1.165, 1.54) is 6.07 Å². The van der Waals surface area contributed by atoms with Crippen LogP contribution in [-0.2, 0) is 4.74 Å². The van der Waals surface area contributed by atoms with Gasteiger partial charge in [-0.25, -0.2) is 8.78 Å². The van der Waals surface area contributed by atoms with Crippen LogP contribution in [0.15, 0.2) is 18.2 Å². The number of hydrogen-bond acceptors (Lipinski definition) is 2. The third-order valence-corrected chi connectivity index (χ3v) is 3.81. The minimum Gasteiger partial charge on any atom is -0.388 e. The lowest BCUT2D eigenvalue weighted by Gasteiger charge is -2.30. The molecule has 1 aliphatic heterocycles. The monoisotopic (exact) mass is 270 g/mol. The summed E-state index contributed by atoms with van der Waals surface area (Å²) in [5.41, 5.74) is -0.445. The van der Waals surface area contributed by atoms with Crippen molar-refractivity contribution in [1.29, 1.82) is 0 Å². The quantitative estimate of drug-likeness (QED) is 0.890. The Morgan fingerprint density at radius 1 is 1.21 bits per heavy atom. The van der Waals surface area contributed by atoms with Gasteiger partial charge < -0.3 is 9.84 Å². The largest absolute Gasteiger partial charge is 0.388 e. The molecule has 0 radical (unpaired) electrons. The maximum absolute atomic E-state index is 13.3. The second kappa shape index (κ2) is 4.53. The van der Waals surface area contributed by atoms with Crippen molar-refractivity contribution in [1.82, 2.24) is 0 Å². The zero-order valence-corrected chi connectivity index (χ0v) is 11.7. The van der Waals surface area contributed by atoms with Gasteiger partial charge in [0, 0.05) is 5.92 Å². The smallest absolute Gasteiger partial charge is 0.159 e. The van der Waals surface area contributed by atoms with E-state index in [9.17, 15) is 13.9 Å². The van der Waals surface area contributed by atoms with Gasteiger partial charge in [0.2, 0.25) is 0 Å². The van der Waals surface area contributed by atoms with Crippen LogP contribution in [0.25, 0.3) is 0 Å². The molecule has 1 aliphatic rings. The fourth-order valence-corrected chi connectivity index (χ4v) is 3.03. The van der Waals surface area contributed by atoms with Gasteiger partial charge in [-0.05, 0) is 51.8 Å². The van der Waals surface area contributed by atoms with Gasteiger partial charge in [-0.2, -0.15) is 0 Å². The fraction of sp³-hybridized carbons (Fsp3) is 0.600. The van der Waals surface area contributed by atoms with Crippen molar-refractivity contribution in [2.24, 2.45) is 5.92 Å². The van der Waals surface area contributed by atoms with Gasteiger partial charge in [-0.1, -0.05) is 6.07 Å². The van der Waals surface area contributed by atoms with Gasteiger partial charge in [0.1, 0.15) is 0 Å². The molecule has 0 bridgehead atoms. The van der Waals surface area contributed by atoms with Crippen LogP contribution in [0, 0.1) is 17.6 Å². The molecule has 0 saturated carbocycles. The molecule has 1 N–H and O–H groups in total. The number of rotatable bonds is 2. The topological polar surface area (TPSA) is 29.5 Å². The minimum atomic E-state index is -0.937. The lowest BCUT2D eigenvalue weighted by atomic mass is 9.80. The maximum Gasteiger partial charge on any atom is 0.159 e.